The van der Waals surface area contributed by atoms with Crippen molar-refractivity contribution in [3.63, 3.8) is 0 Å². The molecule has 3 fully saturated rings. The minimum atomic E-state index is -4.66. The molecule has 220 valence electrons. The van der Waals surface area contributed by atoms with Crippen molar-refractivity contribution >= 4 is 16.0 Å². The third-order valence-corrected chi connectivity index (χ3v) is 9.82. The van der Waals surface area contributed by atoms with Crippen LogP contribution in [-0.4, -0.2) is 74.2 Å². The molecule has 13 heteroatoms. The van der Waals surface area contributed by atoms with Crippen LogP contribution in [0.3, 0.4) is 0 Å². The van der Waals surface area contributed by atoms with E-state index in [1.54, 1.807) is 6.07 Å². The van der Waals surface area contributed by atoms with Gasteiger partial charge in [0.25, 0.3) is 0 Å². The summed E-state index contributed by atoms with van der Waals surface area (Å²) in [6.45, 7) is 5.18. The number of piperidine rings is 2. The van der Waals surface area contributed by atoms with E-state index in [4.69, 9.17) is 9.47 Å². The predicted molar refractivity (Wildman–Crippen MR) is 143 cm³/mol. The first-order valence-corrected chi connectivity index (χ1v) is 15.4. The van der Waals surface area contributed by atoms with Crippen LogP contribution >= 0.6 is 0 Å². The minimum absolute atomic E-state index is 0.0179. The number of aryl methyl sites for hydroxylation is 1. The Labute approximate surface area is 232 Å². The molecule has 2 N–H and O–H groups in total. The van der Waals surface area contributed by atoms with Gasteiger partial charge in [0.2, 0.25) is 21.9 Å². The van der Waals surface area contributed by atoms with Crippen molar-refractivity contribution in [2.45, 2.75) is 74.6 Å². The molecule has 3 aliphatic rings. The number of rotatable bonds is 8. The van der Waals surface area contributed by atoms with Gasteiger partial charge in [-0.25, -0.2) is 13.4 Å². The molecule has 0 spiro atoms. The van der Waals surface area contributed by atoms with Crippen LogP contribution in [0.2, 0.25) is 0 Å². The zero-order valence-electron chi connectivity index (χ0n) is 22.5. The first-order valence-electron chi connectivity index (χ1n) is 13.9. The van der Waals surface area contributed by atoms with Crippen LogP contribution in [0, 0.1) is 0 Å². The molecule has 0 saturated carbocycles. The normalized spacial score (nSPS) is 21.9. The van der Waals surface area contributed by atoms with Crippen molar-refractivity contribution in [2.24, 2.45) is 0 Å². The Kier molecular flexibility index (Phi) is 8.83. The summed E-state index contributed by atoms with van der Waals surface area (Å²) in [5, 5.41) is 6.44. The highest BCUT2D eigenvalue weighted by Crippen LogP contribution is 2.36. The van der Waals surface area contributed by atoms with Gasteiger partial charge in [-0.3, -0.25) is 0 Å². The summed E-state index contributed by atoms with van der Waals surface area (Å²) in [4.78, 5) is 8.19. The second-order valence-corrected chi connectivity index (χ2v) is 12.5. The molecular weight excluding hydrogens is 547 g/mol. The molecule has 0 unspecified atom stereocenters. The molecule has 9 nitrogen and oxygen atoms in total. The fourth-order valence-electron chi connectivity index (χ4n) is 5.64. The molecule has 3 saturated heterocycles. The molecule has 1 atom stereocenters. The highest BCUT2D eigenvalue weighted by molar-refractivity contribution is 7.89. The number of benzene rings is 1. The molecule has 0 radical (unpaired) electrons. The highest BCUT2D eigenvalue weighted by atomic mass is 32.2. The quantitative estimate of drug-likeness (QED) is 0.481. The summed E-state index contributed by atoms with van der Waals surface area (Å²) in [7, 11) is -3.68. The zero-order chi connectivity index (χ0) is 28.3. The van der Waals surface area contributed by atoms with Gasteiger partial charge in [0, 0.05) is 31.7 Å². The molecule has 4 heterocycles. The fourth-order valence-corrected chi connectivity index (χ4v) is 7.16. The molecule has 3 aliphatic heterocycles. The second kappa shape index (κ2) is 12.2. The van der Waals surface area contributed by atoms with E-state index in [0.717, 1.165) is 44.1 Å². The van der Waals surface area contributed by atoms with E-state index in [9.17, 15) is 21.6 Å². The number of aromatic nitrogens is 2. The highest BCUT2D eigenvalue weighted by Gasteiger charge is 2.38. The second-order valence-electron chi connectivity index (χ2n) is 10.6. The molecule has 2 aromatic rings. The molecule has 0 amide bonds. The van der Waals surface area contributed by atoms with Crippen LogP contribution in [0.1, 0.15) is 61.6 Å². The lowest BCUT2D eigenvalue weighted by atomic mass is 9.86. The van der Waals surface area contributed by atoms with Crippen molar-refractivity contribution in [3.8, 4) is 5.88 Å². The summed E-state index contributed by atoms with van der Waals surface area (Å²) < 4.78 is 79.7. The topological polar surface area (TPSA) is 106 Å². The van der Waals surface area contributed by atoms with Gasteiger partial charge in [-0.1, -0.05) is 13.0 Å². The van der Waals surface area contributed by atoms with Crippen LogP contribution in [0.4, 0.5) is 19.1 Å². The summed E-state index contributed by atoms with van der Waals surface area (Å²) in [6, 6.07) is 5.34. The molecule has 0 bridgehead atoms. The number of halogens is 3. The van der Waals surface area contributed by atoms with E-state index in [0.29, 0.717) is 36.7 Å². The number of ether oxygens (including phenoxy) is 2. The van der Waals surface area contributed by atoms with E-state index in [1.165, 1.54) is 9.87 Å². The number of sulfonamides is 1. The van der Waals surface area contributed by atoms with Gasteiger partial charge in [-0.15, -0.1) is 0 Å². The maximum absolute atomic E-state index is 13.5. The van der Waals surface area contributed by atoms with Gasteiger partial charge < -0.3 is 20.1 Å². The maximum Gasteiger partial charge on any atom is 0.423 e. The Morgan fingerprint density at radius 1 is 1.15 bits per heavy atom. The number of alkyl halides is 3. The minimum Gasteiger partial charge on any atom is -0.471 e. The summed E-state index contributed by atoms with van der Waals surface area (Å²) in [5.41, 5.74) is 1.28. The summed E-state index contributed by atoms with van der Waals surface area (Å²) in [5.74, 6) is -0.0657. The largest absolute Gasteiger partial charge is 0.471 e. The Hall–Kier alpha value is -2.48. The average molecular weight is 584 g/mol. The molecule has 5 rings (SSSR count). The third-order valence-electron chi connectivity index (χ3n) is 7.92. The van der Waals surface area contributed by atoms with E-state index in [-0.39, 0.29) is 31.7 Å². The van der Waals surface area contributed by atoms with E-state index in [1.807, 2.05) is 12.1 Å². The van der Waals surface area contributed by atoms with Crippen LogP contribution in [-0.2, 0) is 27.4 Å². The lowest BCUT2D eigenvalue weighted by Gasteiger charge is -2.32. The number of nitrogens with zero attached hydrogens (tertiary/aromatic N) is 3. The van der Waals surface area contributed by atoms with Crippen LogP contribution in [0.15, 0.2) is 29.3 Å². The zero-order valence-corrected chi connectivity index (χ0v) is 23.4. The molecule has 1 aromatic carbocycles. The van der Waals surface area contributed by atoms with Gasteiger partial charge in [0.1, 0.15) is 11.7 Å². The SMILES string of the molecule is CCc1cc(S(=O)(=O)N2CCC(Nc3ncc(C(F)(F)F)c(O[C@H]4CCOC4)n3)CC2)ccc1C1CCNCC1. The summed E-state index contributed by atoms with van der Waals surface area (Å²) >= 11 is 0. The van der Waals surface area contributed by atoms with Crippen molar-refractivity contribution in [2.75, 3.05) is 44.7 Å². The van der Waals surface area contributed by atoms with E-state index < -0.39 is 33.7 Å². The van der Waals surface area contributed by atoms with Gasteiger partial charge in [-0.2, -0.15) is 22.5 Å². The maximum atomic E-state index is 13.5. The number of hydrogen-bond donors (Lipinski definition) is 2. The van der Waals surface area contributed by atoms with Gasteiger partial charge in [0.05, 0.1) is 18.1 Å². The van der Waals surface area contributed by atoms with Crippen molar-refractivity contribution in [3.05, 3.63) is 41.1 Å². The van der Waals surface area contributed by atoms with Crippen molar-refractivity contribution < 1.29 is 31.1 Å². The number of nitrogens with one attached hydrogen (secondary N) is 2. The van der Waals surface area contributed by atoms with Gasteiger partial charge in [-0.05, 0) is 74.4 Å². The molecule has 40 heavy (non-hydrogen) atoms. The van der Waals surface area contributed by atoms with E-state index >= 15 is 0 Å². The monoisotopic (exact) mass is 583 g/mol. The number of anilines is 1. The van der Waals surface area contributed by atoms with Crippen LogP contribution in [0.5, 0.6) is 5.88 Å². The smallest absolute Gasteiger partial charge is 0.423 e. The first-order chi connectivity index (χ1) is 19.1. The third kappa shape index (κ3) is 6.53. The Morgan fingerprint density at radius 2 is 1.90 bits per heavy atom. The molecule has 1 aromatic heterocycles. The van der Waals surface area contributed by atoms with Crippen molar-refractivity contribution in [1.82, 2.24) is 19.6 Å². The predicted octanol–water partition coefficient (Wildman–Crippen LogP) is 3.96. The fraction of sp³-hybridized carbons (Fsp3) is 0.630. The van der Waals surface area contributed by atoms with Gasteiger partial charge in [0.15, 0.2) is 0 Å². The van der Waals surface area contributed by atoms with Crippen LogP contribution in [0.25, 0.3) is 0 Å². The first kappa shape index (κ1) is 29.0. The standard InChI is InChI=1S/C27H36F3N5O4S/c1-2-18-15-22(3-4-23(18)19-5-10-31-11-6-19)40(36,37)35-12-7-20(8-13-35)33-26-32-16-24(27(28,29)30)25(34-26)39-21-9-14-38-17-21/h3-4,15-16,19-21,31H,2,5-14,17H2,1H3,(H,32,33,34)/t21-/m0/s1. The molecular formula is C27H36F3N5O4S. The van der Waals surface area contributed by atoms with Gasteiger partial charge >= 0.3 is 6.18 Å². The Morgan fingerprint density at radius 3 is 2.55 bits per heavy atom. The lowest BCUT2D eigenvalue weighted by molar-refractivity contribution is -0.139. The Balaban J connectivity index is 1.24. The van der Waals surface area contributed by atoms with E-state index in [2.05, 4.69) is 27.5 Å². The lowest BCUT2D eigenvalue weighted by Crippen LogP contribution is -2.42. The number of hydrogen-bond acceptors (Lipinski definition) is 8. The Bertz CT molecular complexity index is 1270. The summed E-state index contributed by atoms with van der Waals surface area (Å²) in [6.07, 6.45) is -0.169. The average Bonchev–Trinajstić information content (AvgIpc) is 3.46. The molecule has 0 aliphatic carbocycles. The van der Waals surface area contributed by atoms with Crippen molar-refractivity contribution in [1.29, 1.82) is 0 Å². The van der Waals surface area contributed by atoms with Crippen LogP contribution < -0.4 is 15.4 Å².